The quantitative estimate of drug-likeness (QED) is 0.839. The fraction of sp³-hybridized carbons (Fsp3) is 0.438. The highest BCUT2D eigenvalue weighted by atomic mass is 16.5. The van der Waals surface area contributed by atoms with Gasteiger partial charge in [0.1, 0.15) is 18.3 Å². The van der Waals surface area contributed by atoms with Crippen molar-refractivity contribution in [3.05, 3.63) is 48.1 Å². The number of aromatic nitrogens is 4. The van der Waals surface area contributed by atoms with Crippen LogP contribution in [-0.4, -0.2) is 56.5 Å². The smallest absolute Gasteiger partial charge is 0.272 e. The number of nitrogens with zero attached hydrogens (tertiary/aromatic N) is 5. The maximum absolute atomic E-state index is 12.4. The zero-order valence-corrected chi connectivity index (χ0v) is 13.1. The van der Waals surface area contributed by atoms with E-state index in [-0.39, 0.29) is 12.0 Å². The lowest BCUT2D eigenvalue weighted by molar-refractivity contribution is -0.0248. The lowest BCUT2D eigenvalue weighted by Gasteiger charge is -2.32. The van der Waals surface area contributed by atoms with Gasteiger partial charge in [-0.15, -0.1) is 0 Å². The van der Waals surface area contributed by atoms with Gasteiger partial charge < -0.3 is 9.64 Å². The topological polar surface area (TPSA) is 81.1 Å². The molecule has 1 amide bonds. The van der Waals surface area contributed by atoms with E-state index in [1.54, 1.807) is 23.5 Å². The molecule has 1 saturated heterocycles. The van der Waals surface area contributed by atoms with E-state index in [0.717, 1.165) is 24.2 Å². The lowest BCUT2D eigenvalue weighted by atomic mass is 10.1. The fourth-order valence-corrected chi connectivity index (χ4v) is 2.61. The molecule has 0 aromatic carbocycles. The van der Waals surface area contributed by atoms with Crippen molar-refractivity contribution < 1.29 is 9.53 Å². The van der Waals surface area contributed by atoms with Crippen LogP contribution < -0.4 is 0 Å². The number of rotatable bonds is 4. The highest BCUT2D eigenvalue weighted by molar-refractivity contribution is 5.92. The molecule has 0 spiro atoms. The van der Waals surface area contributed by atoms with Crippen molar-refractivity contribution in [1.29, 1.82) is 0 Å². The highest BCUT2D eigenvalue weighted by Crippen LogP contribution is 2.13. The predicted octanol–water partition coefficient (Wildman–Crippen LogP) is 1.05. The zero-order valence-electron chi connectivity index (χ0n) is 13.1. The van der Waals surface area contributed by atoms with Gasteiger partial charge >= 0.3 is 0 Å². The van der Waals surface area contributed by atoms with E-state index in [9.17, 15) is 4.79 Å². The van der Waals surface area contributed by atoms with Crippen molar-refractivity contribution in [3.63, 3.8) is 0 Å². The monoisotopic (exact) mass is 313 g/mol. The molecule has 120 valence electrons. The molecular weight excluding hydrogens is 294 g/mol. The van der Waals surface area contributed by atoms with Gasteiger partial charge in [0.15, 0.2) is 0 Å². The molecular formula is C16H19N5O2. The molecule has 23 heavy (non-hydrogen) atoms. The van der Waals surface area contributed by atoms with Crippen LogP contribution in [0.1, 0.15) is 28.3 Å². The highest BCUT2D eigenvalue weighted by Gasteiger charge is 2.25. The maximum atomic E-state index is 12.4. The van der Waals surface area contributed by atoms with Gasteiger partial charge in [-0.05, 0) is 31.9 Å². The van der Waals surface area contributed by atoms with Crippen LogP contribution in [0.5, 0.6) is 0 Å². The molecule has 0 N–H and O–H groups in total. The van der Waals surface area contributed by atoms with Gasteiger partial charge in [-0.25, -0.2) is 19.9 Å². The van der Waals surface area contributed by atoms with Crippen LogP contribution >= 0.6 is 0 Å². The molecule has 1 aliphatic heterocycles. The molecule has 2 aromatic rings. The van der Waals surface area contributed by atoms with Crippen molar-refractivity contribution in [2.75, 3.05) is 19.7 Å². The average molecular weight is 313 g/mol. The number of carbonyl (C=O) groups is 1. The molecule has 0 bridgehead atoms. The van der Waals surface area contributed by atoms with Gasteiger partial charge in [0.25, 0.3) is 5.91 Å². The van der Waals surface area contributed by atoms with Gasteiger partial charge in [-0.3, -0.25) is 4.79 Å². The molecule has 1 atom stereocenters. The first-order valence-electron chi connectivity index (χ1n) is 7.67. The summed E-state index contributed by atoms with van der Waals surface area (Å²) in [5.74, 6) is -0.0708. The Bertz CT molecular complexity index is 665. The van der Waals surface area contributed by atoms with Crippen molar-refractivity contribution in [1.82, 2.24) is 24.8 Å². The number of carbonyl (C=O) groups excluding carboxylic acids is 1. The molecule has 1 fully saturated rings. The lowest BCUT2D eigenvalue weighted by Crippen LogP contribution is -2.46. The summed E-state index contributed by atoms with van der Waals surface area (Å²) in [4.78, 5) is 30.4. The summed E-state index contributed by atoms with van der Waals surface area (Å²) in [5, 5.41) is 0. The summed E-state index contributed by atoms with van der Waals surface area (Å²) in [5.41, 5.74) is 2.38. The number of hydrogen-bond acceptors (Lipinski definition) is 6. The second kappa shape index (κ2) is 7.23. The first kappa shape index (κ1) is 15.5. The minimum atomic E-state index is -0.0708. The third-order valence-corrected chi connectivity index (χ3v) is 3.81. The molecule has 7 nitrogen and oxygen atoms in total. The van der Waals surface area contributed by atoms with E-state index in [2.05, 4.69) is 19.9 Å². The van der Waals surface area contributed by atoms with E-state index < -0.39 is 0 Å². The molecule has 1 aliphatic rings. The molecule has 0 aliphatic carbocycles. The van der Waals surface area contributed by atoms with E-state index >= 15 is 0 Å². The van der Waals surface area contributed by atoms with Crippen LogP contribution in [0.4, 0.5) is 0 Å². The first-order valence-corrected chi connectivity index (χ1v) is 7.67. The van der Waals surface area contributed by atoms with Gasteiger partial charge in [0, 0.05) is 30.7 Å². The van der Waals surface area contributed by atoms with Crippen molar-refractivity contribution in [2.45, 2.75) is 25.9 Å². The summed E-state index contributed by atoms with van der Waals surface area (Å²) in [6.07, 6.45) is 6.20. The number of amides is 1. The van der Waals surface area contributed by atoms with Gasteiger partial charge in [0.05, 0.1) is 12.7 Å². The van der Waals surface area contributed by atoms with Gasteiger partial charge in [-0.2, -0.15) is 0 Å². The minimum absolute atomic E-state index is 0.0183. The standard InChI is InChI=1S/C16H19N5O2/c1-12-8-13(19-11-18-12)2-3-14-9-21(6-7-23-14)16(22)15-4-5-17-10-20-15/h4-5,8,10-11,14H,2-3,6-7,9H2,1H3. The number of morpholine rings is 1. The Balaban J connectivity index is 1.57. The van der Waals surface area contributed by atoms with Crippen LogP contribution in [0.15, 0.2) is 31.0 Å². The Labute approximate surface area is 134 Å². The van der Waals surface area contributed by atoms with E-state index in [4.69, 9.17) is 4.74 Å². The molecule has 0 saturated carbocycles. The third kappa shape index (κ3) is 4.07. The fourth-order valence-electron chi connectivity index (χ4n) is 2.61. The van der Waals surface area contributed by atoms with Crippen LogP contribution in [0.25, 0.3) is 0 Å². The molecule has 1 unspecified atom stereocenters. The van der Waals surface area contributed by atoms with Crippen LogP contribution in [0.2, 0.25) is 0 Å². The number of aryl methyl sites for hydroxylation is 2. The van der Waals surface area contributed by atoms with Gasteiger partial charge in [0.2, 0.25) is 0 Å². The van der Waals surface area contributed by atoms with Crippen LogP contribution in [0, 0.1) is 6.92 Å². The Morgan fingerprint density at radius 3 is 3.04 bits per heavy atom. The Kier molecular flexibility index (Phi) is 4.87. The summed E-state index contributed by atoms with van der Waals surface area (Å²) in [6, 6.07) is 3.61. The van der Waals surface area contributed by atoms with Crippen molar-refractivity contribution in [3.8, 4) is 0 Å². The SMILES string of the molecule is Cc1cc(CCC2CN(C(=O)c3ccncn3)CCO2)ncn1. The summed E-state index contributed by atoms with van der Waals surface area (Å²) >= 11 is 0. The second-order valence-corrected chi connectivity index (χ2v) is 5.53. The Morgan fingerprint density at radius 2 is 2.26 bits per heavy atom. The zero-order chi connectivity index (χ0) is 16.1. The Hall–Kier alpha value is -2.41. The number of hydrogen-bond donors (Lipinski definition) is 0. The molecule has 7 heteroatoms. The summed E-state index contributed by atoms with van der Waals surface area (Å²) < 4.78 is 5.78. The second-order valence-electron chi connectivity index (χ2n) is 5.53. The third-order valence-electron chi connectivity index (χ3n) is 3.81. The van der Waals surface area contributed by atoms with Gasteiger partial charge in [-0.1, -0.05) is 0 Å². The summed E-state index contributed by atoms with van der Waals surface area (Å²) in [7, 11) is 0. The predicted molar refractivity (Wildman–Crippen MR) is 82.8 cm³/mol. The van der Waals surface area contributed by atoms with Crippen molar-refractivity contribution in [2.24, 2.45) is 0 Å². The largest absolute Gasteiger partial charge is 0.375 e. The van der Waals surface area contributed by atoms with E-state index in [0.29, 0.717) is 25.4 Å². The van der Waals surface area contributed by atoms with Crippen LogP contribution in [0.3, 0.4) is 0 Å². The van der Waals surface area contributed by atoms with Crippen LogP contribution in [-0.2, 0) is 11.2 Å². The summed E-state index contributed by atoms with van der Waals surface area (Å²) in [6.45, 7) is 3.66. The molecule has 2 aromatic heterocycles. The molecule has 0 radical (unpaired) electrons. The Morgan fingerprint density at radius 1 is 1.35 bits per heavy atom. The number of ether oxygens (including phenoxy) is 1. The molecule has 3 heterocycles. The van der Waals surface area contributed by atoms with E-state index in [1.807, 2.05) is 13.0 Å². The average Bonchev–Trinajstić information content (AvgIpc) is 2.60. The minimum Gasteiger partial charge on any atom is -0.375 e. The van der Waals surface area contributed by atoms with E-state index in [1.165, 1.54) is 6.33 Å². The van der Waals surface area contributed by atoms with Crippen molar-refractivity contribution >= 4 is 5.91 Å². The molecule has 3 rings (SSSR count). The normalized spacial score (nSPS) is 18.0. The first-order chi connectivity index (χ1) is 11.2. The maximum Gasteiger partial charge on any atom is 0.272 e.